The number of nitrogens with one attached hydrogen (secondary N) is 1. The Hall–Kier alpha value is -1.70. The van der Waals surface area contributed by atoms with E-state index in [1.165, 1.54) is 17.7 Å². The molecule has 1 saturated heterocycles. The number of rotatable bonds is 6. The lowest BCUT2D eigenvalue weighted by Crippen LogP contribution is -2.55. The van der Waals surface area contributed by atoms with Gasteiger partial charge in [0, 0.05) is 43.7 Å². The third kappa shape index (κ3) is 3.84. The molecule has 1 aliphatic heterocycles. The van der Waals surface area contributed by atoms with Gasteiger partial charge in [-0.25, -0.2) is 0 Å². The predicted octanol–water partition coefficient (Wildman–Crippen LogP) is 2.37. The minimum Gasteiger partial charge on any atom is -0.396 e. The second-order valence-corrected chi connectivity index (χ2v) is 8.72. The fourth-order valence-corrected chi connectivity index (χ4v) is 4.51. The van der Waals surface area contributed by atoms with E-state index in [9.17, 15) is 9.90 Å². The largest absolute Gasteiger partial charge is 0.396 e. The molecule has 1 amide bonds. The molecule has 2 aromatic rings. The summed E-state index contributed by atoms with van der Waals surface area (Å²) in [5.41, 5.74) is 1.37. The van der Waals surface area contributed by atoms with Crippen molar-refractivity contribution in [3.63, 3.8) is 0 Å². The van der Waals surface area contributed by atoms with Crippen molar-refractivity contribution in [1.29, 1.82) is 0 Å². The van der Waals surface area contributed by atoms with Crippen molar-refractivity contribution in [2.24, 2.45) is 5.92 Å². The molecule has 0 aromatic carbocycles. The SMILES string of the molecule is Cc1ccc(-c2cc(C(=O)N3CCN(CC4CC4)C(CCO)C3)n[nH]2)s1. The number of aliphatic hydroxyl groups excluding tert-OH is 1. The Bertz CT molecular complexity index is 767. The minimum absolute atomic E-state index is 0.0187. The van der Waals surface area contributed by atoms with Crippen LogP contribution in [-0.2, 0) is 0 Å². The van der Waals surface area contributed by atoms with Crippen molar-refractivity contribution in [2.75, 3.05) is 32.8 Å². The molecule has 0 spiro atoms. The molecule has 3 heterocycles. The van der Waals surface area contributed by atoms with Gasteiger partial charge in [-0.3, -0.25) is 14.8 Å². The van der Waals surface area contributed by atoms with Gasteiger partial charge in [-0.2, -0.15) is 5.10 Å². The summed E-state index contributed by atoms with van der Waals surface area (Å²) in [5, 5.41) is 16.7. The summed E-state index contributed by atoms with van der Waals surface area (Å²) < 4.78 is 0. The Balaban J connectivity index is 1.43. The van der Waals surface area contributed by atoms with Crippen molar-refractivity contribution < 1.29 is 9.90 Å². The topological polar surface area (TPSA) is 72.5 Å². The maximum Gasteiger partial charge on any atom is 0.274 e. The number of hydrogen-bond acceptors (Lipinski definition) is 5. The molecule has 0 radical (unpaired) electrons. The van der Waals surface area contributed by atoms with Crippen LogP contribution in [0.4, 0.5) is 0 Å². The lowest BCUT2D eigenvalue weighted by atomic mass is 10.1. The van der Waals surface area contributed by atoms with Crippen LogP contribution in [-0.4, -0.2) is 69.8 Å². The van der Waals surface area contributed by atoms with Crippen LogP contribution in [0.2, 0.25) is 0 Å². The summed E-state index contributed by atoms with van der Waals surface area (Å²) in [5.74, 6) is 0.802. The standard InChI is InChI=1S/C19H26N4O2S/c1-13-2-5-18(26-13)16-10-17(21-20-16)19(25)23-8-7-22(11-14-3-4-14)15(12-23)6-9-24/h2,5,10,14-15,24H,3-4,6-9,11-12H2,1H3,(H,20,21). The van der Waals surface area contributed by atoms with E-state index >= 15 is 0 Å². The number of aliphatic hydroxyl groups is 1. The fraction of sp³-hybridized carbons (Fsp3) is 0.579. The molecule has 26 heavy (non-hydrogen) atoms. The average molecular weight is 375 g/mol. The second kappa shape index (κ2) is 7.50. The molecule has 2 aromatic heterocycles. The van der Waals surface area contributed by atoms with Gasteiger partial charge < -0.3 is 10.0 Å². The molecule has 1 saturated carbocycles. The zero-order valence-electron chi connectivity index (χ0n) is 15.1. The number of piperazine rings is 1. The molecule has 1 aliphatic carbocycles. The molecule has 2 N–H and O–H groups in total. The van der Waals surface area contributed by atoms with Gasteiger partial charge in [0.05, 0.1) is 10.6 Å². The highest BCUT2D eigenvalue weighted by atomic mass is 32.1. The first-order valence-electron chi connectivity index (χ1n) is 9.40. The van der Waals surface area contributed by atoms with Gasteiger partial charge in [0.15, 0.2) is 5.69 Å². The van der Waals surface area contributed by atoms with Crippen LogP contribution in [0.1, 0.15) is 34.6 Å². The molecule has 4 rings (SSSR count). The predicted molar refractivity (Wildman–Crippen MR) is 102 cm³/mol. The maximum absolute atomic E-state index is 12.9. The Kier molecular flexibility index (Phi) is 5.11. The van der Waals surface area contributed by atoms with Crippen molar-refractivity contribution >= 4 is 17.2 Å². The van der Waals surface area contributed by atoms with E-state index < -0.39 is 0 Å². The molecule has 7 heteroatoms. The molecule has 0 bridgehead atoms. The van der Waals surface area contributed by atoms with Crippen molar-refractivity contribution in [3.8, 4) is 10.6 Å². The van der Waals surface area contributed by atoms with Crippen LogP contribution in [0, 0.1) is 12.8 Å². The zero-order chi connectivity index (χ0) is 18.1. The summed E-state index contributed by atoms with van der Waals surface area (Å²) in [4.78, 5) is 19.6. The zero-order valence-corrected chi connectivity index (χ0v) is 16.0. The van der Waals surface area contributed by atoms with Gasteiger partial charge >= 0.3 is 0 Å². The van der Waals surface area contributed by atoms with Gasteiger partial charge in [-0.1, -0.05) is 0 Å². The highest BCUT2D eigenvalue weighted by Crippen LogP contribution is 2.31. The summed E-state index contributed by atoms with van der Waals surface area (Å²) in [6.07, 6.45) is 3.36. The quantitative estimate of drug-likeness (QED) is 0.814. The number of aromatic amines is 1. The van der Waals surface area contributed by atoms with Gasteiger partial charge in [-0.05, 0) is 50.3 Å². The fourth-order valence-electron chi connectivity index (χ4n) is 3.67. The van der Waals surface area contributed by atoms with Gasteiger partial charge in [0.1, 0.15) is 0 Å². The Labute approximate surface area is 157 Å². The molecule has 1 unspecified atom stereocenters. The molecule has 2 fully saturated rings. The number of carbonyl (C=O) groups excluding carboxylic acids is 1. The maximum atomic E-state index is 12.9. The number of amides is 1. The number of H-pyrrole nitrogens is 1. The van der Waals surface area contributed by atoms with Crippen LogP contribution in [0.5, 0.6) is 0 Å². The summed E-state index contributed by atoms with van der Waals surface area (Å²) in [7, 11) is 0. The molecular weight excluding hydrogens is 348 g/mol. The molecule has 1 atom stereocenters. The van der Waals surface area contributed by atoms with Gasteiger partial charge in [-0.15, -0.1) is 11.3 Å². The summed E-state index contributed by atoms with van der Waals surface area (Å²) in [6, 6.07) is 6.22. The van der Waals surface area contributed by atoms with Gasteiger partial charge in [0.2, 0.25) is 0 Å². The number of aromatic nitrogens is 2. The first kappa shape index (κ1) is 17.7. The first-order chi connectivity index (χ1) is 12.6. The van der Waals surface area contributed by atoms with E-state index in [-0.39, 0.29) is 18.6 Å². The van der Waals surface area contributed by atoms with Crippen molar-refractivity contribution in [2.45, 2.75) is 32.2 Å². The highest BCUT2D eigenvalue weighted by molar-refractivity contribution is 7.15. The van der Waals surface area contributed by atoms with E-state index in [0.717, 1.165) is 42.5 Å². The number of aryl methyl sites for hydroxylation is 1. The smallest absolute Gasteiger partial charge is 0.274 e. The minimum atomic E-state index is -0.0187. The van der Waals surface area contributed by atoms with Crippen LogP contribution in [0.15, 0.2) is 18.2 Å². The summed E-state index contributed by atoms with van der Waals surface area (Å²) >= 11 is 1.69. The average Bonchev–Trinajstić information content (AvgIpc) is 3.14. The van der Waals surface area contributed by atoms with Crippen molar-refractivity contribution in [1.82, 2.24) is 20.0 Å². The number of nitrogens with zero attached hydrogens (tertiary/aromatic N) is 3. The lowest BCUT2D eigenvalue weighted by Gasteiger charge is -2.41. The van der Waals surface area contributed by atoms with E-state index in [1.807, 2.05) is 11.0 Å². The first-order valence-corrected chi connectivity index (χ1v) is 10.2. The molecule has 6 nitrogen and oxygen atoms in total. The highest BCUT2D eigenvalue weighted by Gasteiger charge is 2.34. The normalized spacial score (nSPS) is 21.3. The lowest BCUT2D eigenvalue weighted by molar-refractivity contribution is 0.0402. The van der Waals surface area contributed by atoms with E-state index in [1.54, 1.807) is 11.3 Å². The van der Waals surface area contributed by atoms with Crippen LogP contribution >= 0.6 is 11.3 Å². The van der Waals surface area contributed by atoms with Crippen LogP contribution in [0.25, 0.3) is 10.6 Å². The summed E-state index contributed by atoms with van der Waals surface area (Å²) in [6.45, 7) is 5.63. The Morgan fingerprint density at radius 2 is 2.23 bits per heavy atom. The Morgan fingerprint density at radius 1 is 1.38 bits per heavy atom. The third-order valence-corrected chi connectivity index (χ3v) is 6.38. The number of hydrogen-bond donors (Lipinski definition) is 2. The van der Waals surface area contributed by atoms with E-state index in [0.29, 0.717) is 12.2 Å². The van der Waals surface area contributed by atoms with E-state index in [2.05, 4.69) is 34.2 Å². The monoisotopic (exact) mass is 374 g/mol. The molecular formula is C19H26N4O2S. The van der Waals surface area contributed by atoms with Crippen LogP contribution < -0.4 is 0 Å². The second-order valence-electron chi connectivity index (χ2n) is 7.43. The van der Waals surface area contributed by atoms with Gasteiger partial charge in [0.25, 0.3) is 5.91 Å². The van der Waals surface area contributed by atoms with Crippen LogP contribution in [0.3, 0.4) is 0 Å². The Morgan fingerprint density at radius 3 is 2.92 bits per heavy atom. The molecule has 140 valence electrons. The third-order valence-electron chi connectivity index (χ3n) is 5.35. The van der Waals surface area contributed by atoms with E-state index in [4.69, 9.17) is 0 Å². The molecule has 2 aliphatic rings. The number of thiophene rings is 1. The van der Waals surface area contributed by atoms with Crippen molar-refractivity contribution in [3.05, 3.63) is 28.8 Å². The number of carbonyl (C=O) groups is 1.